The van der Waals surface area contributed by atoms with Gasteiger partial charge in [-0.25, -0.2) is 0 Å². The molecule has 0 amide bonds. The number of fused-ring (bicyclic) bond motifs is 3. The van der Waals surface area contributed by atoms with E-state index in [1.54, 1.807) is 6.92 Å². The number of hydrogen-bond donors (Lipinski definition) is 1. The molecule has 0 saturated heterocycles. The van der Waals surface area contributed by atoms with E-state index in [2.05, 4.69) is 0 Å². The maximum absolute atomic E-state index is 11.2. The Labute approximate surface area is 167 Å². The van der Waals surface area contributed by atoms with Crippen molar-refractivity contribution < 1.29 is 35.9 Å². The largest absolute Gasteiger partial charge is 0.507 e. The topological polar surface area (TPSA) is 29.5 Å². The number of hydrogen-bond acceptors (Lipinski definition) is 2. The second-order valence-electron chi connectivity index (χ2n) is 5.74. The molecule has 2 atom stereocenters. The van der Waals surface area contributed by atoms with Gasteiger partial charge in [-0.05, 0) is 63.9 Å². The summed E-state index contributed by atoms with van der Waals surface area (Å²) in [5, 5.41) is 11.2. The van der Waals surface area contributed by atoms with Crippen LogP contribution in [0.15, 0.2) is 23.7 Å². The molecular formula is C21H30O2. The van der Waals surface area contributed by atoms with Crippen LogP contribution in [0.5, 0.6) is 11.5 Å². The van der Waals surface area contributed by atoms with Crippen molar-refractivity contribution in [3.05, 3.63) is 34.9 Å². The molecule has 1 aliphatic heterocycles. The van der Waals surface area contributed by atoms with Gasteiger partial charge in [0.1, 0.15) is 17.1 Å². The molecule has 0 fully saturated rings. The van der Waals surface area contributed by atoms with E-state index in [4.69, 9.17) is 30.8 Å². The average molecular weight is 334 g/mol. The second-order valence-corrected chi connectivity index (χ2v) is 5.74. The summed E-state index contributed by atoms with van der Waals surface area (Å²) in [5.41, 5.74) is -4.17. The minimum absolute atomic E-state index is 0.0428. The first-order chi connectivity index (χ1) is 18.4. The molecule has 1 heterocycles. The molecule has 1 aromatic rings. The monoisotopic (exact) mass is 333 g/mol. The maximum atomic E-state index is 11.2. The first-order valence-corrected chi connectivity index (χ1v) is 7.18. The second kappa shape index (κ2) is 6.22. The molecule has 0 aromatic heterocycles. The van der Waals surface area contributed by atoms with Gasteiger partial charge in [-0.1, -0.05) is 31.2 Å². The summed E-state index contributed by atoms with van der Waals surface area (Å²) in [6.45, 7) is -8.92. The third-order valence-electron chi connectivity index (χ3n) is 4.16. The zero-order chi connectivity index (χ0) is 33.0. The number of benzene rings is 1. The first-order valence-electron chi connectivity index (χ1n) is 16.7. The van der Waals surface area contributed by atoms with Crippen molar-refractivity contribution in [3.63, 3.8) is 0 Å². The molecule has 1 aromatic carbocycles. The Kier molecular flexibility index (Phi) is 1.36. The lowest BCUT2D eigenvalue weighted by molar-refractivity contribution is 0.0107. The maximum Gasteiger partial charge on any atom is 0.127 e. The summed E-state index contributed by atoms with van der Waals surface area (Å²) >= 11 is 0. The Morgan fingerprint density at radius 3 is 3.09 bits per heavy atom. The molecule has 23 heavy (non-hydrogen) atoms. The third-order valence-corrected chi connectivity index (χ3v) is 4.16. The molecule has 0 unspecified atom stereocenters. The third kappa shape index (κ3) is 3.13. The van der Waals surface area contributed by atoms with Crippen molar-refractivity contribution in [3.8, 4) is 11.5 Å². The van der Waals surface area contributed by atoms with Gasteiger partial charge in [0.15, 0.2) is 0 Å². The standard InChI is InChI=1S/C21H30O2/c1-5-6-7-8-15-12-18(22)20-16-11-14(2)9-10-17(16)21(3,4)23-19(20)13-15/h11-13,16-17,22H,5-10H2,1-4H3/t16-,17-/m1/s1/i1D3,3D3,4D3,5D2,6D2,7D2,8D2,12D,13D. The van der Waals surface area contributed by atoms with Crippen LogP contribution < -0.4 is 4.74 Å². The zero-order valence-electron chi connectivity index (χ0n) is 31.5. The number of phenolic OH excluding ortho intramolecular Hbond substituents is 1. The quantitative estimate of drug-likeness (QED) is 0.712. The first kappa shape index (κ1) is 5.03. The molecule has 0 bridgehead atoms. The highest BCUT2D eigenvalue weighted by Crippen LogP contribution is 2.53. The van der Waals surface area contributed by atoms with Gasteiger partial charge in [-0.3, -0.25) is 0 Å². The fourth-order valence-electron chi connectivity index (χ4n) is 3.13. The highest BCUT2D eigenvalue weighted by molar-refractivity contribution is 5.53. The molecule has 3 rings (SSSR count). The molecule has 2 heteroatoms. The SMILES string of the molecule is [2H]c1c(O)c2c(c([2H])c1C([2H])([2H])C([2H])([2H])C([2H])([2H])C([2H])([2H])C([2H])([2H])[2H])OC(C([2H])([2H])[2H])(C([2H])([2H])[2H])[C@@H]1CCC(C)=C[C@@H]21. The van der Waals surface area contributed by atoms with Crippen LogP contribution in [0.25, 0.3) is 0 Å². The van der Waals surface area contributed by atoms with Crippen molar-refractivity contribution in [2.24, 2.45) is 5.92 Å². The van der Waals surface area contributed by atoms with Crippen LogP contribution in [0.3, 0.4) is 0 Å². The van der Waals surface area contributed by atoms with Crippen LogP contribution in [0, 0.1) is 5.92 Å². The normalized spacial score (nSPS) is 41.4. The van der Waals surface area contributed by atoms with Gasteiger partial charge < -0.3 is 9.84 Å². The van der Waals surface area contributed by atoms with Crippen LogP contribution in [0.2, 0.25) is 0 Å². The Bertz CT molecular complexity index is 1270. The van der Waals surface area contributed by atoms with Gasteiger partial charge >= 0.3 is 0 Å². The molecule has 0 saturated carbocycles. The van der Waals surface area contributed by atoms with Gasteiger partial charge in [-0.2, -0.15) is 0 Å². The molecule has 0 spiro atoms. The number of ether oxygens (including phenoxy) is 1. The Morgan fingerprint density at radius 1 is 1.43 bits per heavy atom. The van der Waals surface area contributed by atoms with E-state index >= 15 is 0 Å². The highest BCUT2D eigenvalue weighted by atomic mass is 16.5. The fraction of sp³-hybridized carbons (Fsp3) is 0.619. The number of aromatic hydroxyl groups is 1. The van der Waals surface area contributed by atoms with E-state index in [1.807, 2.05) is 0 Å². The lowest BCUT2D eigenvalue weighted by atomic mass is 9.68. The molecule has 1 N–H and O–H groups in total. The Hall–Kier alpha value is -1.44. The summed E-state index contributed by atoms with van der Waals surface area (Å²) in [4.78, 5) is 0. The number of phenols is 1. The minimum Gasteiger partial charge on any atom is -0.507 e. The number of rotatable bonds is 4. The van der Waals surface area contributed by atoms with Gasteiger partial charge in [0.25, 0.3) is 0 Å². The number of allylic oxidation sites excluding steroid dienone is 2. The van der Waals surface area contributed by atoms with Crippen LogP contribution in [-0.2, 0) is 6.37 Å². The fourth-order valence-corrected chi connectivity index (χ4v) is 3.13. The predicted octanol–water partition coefficient (Wildman–Crippen LogP) is 5.74. The summed E-state index contributed by atoms with van der Waals surface area (Å²) in [5.74, 6) is -4.67. The van der Waals surface area contributed by atoms with Crippen molar-refractivity contribution in [2.75, 3.05) is 0 Å². The molecule has 1 aliphatic carbocycles. The molecule has 126 valence electrons. The summed E-state index contributed by atoms with van der Waals surface area (Å²) in [7, 11) is 0. The van der Waals surface area contributed by atoms with Crippen LogP contribution >= 0.6 is 0 Å². The van der Waals surface area contributed by atoms with Gasteiger partial charge in [-0.15, -0.1) is 0 Å². The van der Waals surface area contributed by atoms with Crippen molar-refractivity contribution in [1.29, 1.82) is 0 Å². The van der Waals surface area contributed by atoms with Gasteiger partial charge in [0, 0.05) is 40.7 Å². The lowest BCUT2D eigenvalue weighted by Crippen LogP contribution is -2.45. The minimum atomic E-state index is -4.16. The van der Waals surface area contributed by atoms with Crippen LogP contribution in [0.4, 0.5) is 0 Å². The van der Waals surface area contributed by atoms with E-state index in [0.29, 0.717) is 5.57 Å². The van der Waals surface area contributed by atoms with E-state index in [1.165, 1.54) is 6.08 Å². The van der Waals surface area contributed by atoms with E-state index in [-0.39, 0.29) is 12.8 Å². The summed E-state index contributed by atoms with van der Waals surface area (Å²) in [6.07, 6.45) is -14.6. The van der Waals surface area contributed by atoms with Crippen LogP contribution in [-0.4, -0.2) is 10.7 Å². The van der Waals surface area contributed by atoms with Crippen LogP contribution in [0.1, 0.15) is 103 Å². The predicted molar refractivity (Wildman–Crippen MR) is 95.3 cm³/mol. The average Bonchev–Trinajstić information content (AvgIpc) is 2.78. The van der Waals surface area contributed by atoms with E-state index in [0.717, 1.165) is 0 Å². The van der Waals surface area contributed by atoms with E-state index < -0.39 is 98.2 Å². The smallest absolute Gasteiger partial charge is 0.127 e. The molecule has 2 aliphatic rings. The van der Waals surface area contributed by atoms with Gasteiger partial charge in [0.2, 0.25) is 0 Å². The van der Waals surface area contributed by atoms with Crippen molar-refractivity contribution in [1.82, 2.24) is 0 Å². The molecular weight excluding hydrogens is 284 g/mol. The zero-order valence-corrected chi connectivity index (χ0v) is 12.5. The Balaban J connectivity index is 2.46. The summed E-state index contributed by atoms with van der Waals surface area (Å²) < 4.78 is 160. The van der Waals surface area contributed by atoms with Crippen molar-refractivity contribution >= 4 is 0 Å². The van der Waals surface area contributed by atoms with Crippen molar-refractivity contribution in [2.45, 2.75) is 77.3 Å². The Morgan fingerprint density at radius 2 is 2.30 bits per heavy atom. The summed E-state index contributed by atoms with van der Waals surface area (Å²) in [6, 6.07) is -2.52. The van der Waals surface area contributed by atoms with Gasteiger partial charge in [0.05, 0.1) is 2.74 Å². The van der Waals surface area contributed by atoms with E-state index in [9.17, 15) is 5.11 Å². The molecule has 0 radical (unpaired) electrons. The highest BCUT2D eigenvalue weighted by Gasteiger charge is 2.45. The molecule has 2 nitrogen and oxygen atoms in total. The lowest BCUT2D eigenvalue weighted by Gasteiger charge is -2.46.